The fourth-order valence-corrected chi connectivity index (χ4v) is 7.71. The van der Waals surface area contributed by atoms with Gasteiger partial charge in [0.05, 0.1) is 22.7 Å². The zero-order valence-electron chi connectivity index (χ0n) is 17.0. The van der Waals surface area contributed by atoms with E-state index in [0.717, 1.165) is 0 Å². The van der Waals surface area contributed by atoms with E-state index in [9.17, 15) is 0 Å². The van der Waals surface area contributed by atoms with Gasteiger partial charge in [-0.25, -0.2) is 0 Å². The first-order chi connectivity index (χ1) is 12.5. The summed E-state index contributed by atoms with van der Waals surface area (Å²) in [7, 11) is -0.929. The van der Waals surface area contributed by atoms with Gasteiger partial charge in [-0.2, -0.15) is 0 Å². The average Bonchev–Trinajstić information content (AvgIpc) is 3.34. The van der Waals surface area contributed by atoms with Gasteiger partial charge in [0.25, 0.3) is 0 Å². The largest absolute Gasteiger partial charge is 0.372 e. The number of rotatable bonds is 3. The molecule has 2 atom stereocenters. The second-order valence-corrected chi connectivity index (χ2v) is 11.3. The molecule has 0 aromatic rings. The average molecular weight is 377 g/mol. The molecule has 0 amide bonds. The lowest BCUT2D eigenvalue weighted by atomic mass is 10.1. The molecule has 3 fully saturated rings. The fraction of sp³-hybridized carbons (Fsp3) is 0.810. The number of hydrogen-bond acceptors (Lipinski definition) is 4. The molecule has 26 heavy (non-hydrogen) atoms. The van der Waals surface area contributed by atoms with E-state index < -0.39 is 7.71 Å². The Hall–Kier alpha value is -0.730. The molecule has 0 aromatic carbocycles. The van der Waals surface area contributed by atoms with Crippen molar-refractivity contribution in [2.24, 2.45) is 4.74 Å². The predicted octanol–water partition coefficient (Wildman–Crippen LogP) is 4.54. The number of nitrogens with zero attached hydrogens (tertiary/aromatic N) is 4. The van der Waals surface area contributed by atoms with Crippen LogP contribution >= 0.6 is 7.71 Å². The van der Waals surface area contributed by atoms with Crippen molar-refractivity contribution in [2.45, 2.75) is 70.6 Å². The van der Waals surface area contributed by atoms with Crippen LogP contribution < -0.4 is 0 Å². The minimum absolute atomic E-state index is 0.0534. The third-order valence-corrected chi connectivity index (χ3v) is 8.71. The van der Waals surface area contributed by atoms with E-state index in [1.165, 1.54) is 77.8 Å². The molecule has 4 rings (SSSR count). The second-order valence-electron chi connectivity index (χ2n) is 9.35. The minimum atomic E-state index is -0.929. The van der Waals surface area contributed by atoms with Crippen molar-refractivity contribution in [3.8, 4) is 0 Å². The summed E-state index contributed by atoms with van der Waals surface area (Å²) in [6.45, 7) is 14.3. The van der Waals surface area contributed by atoms with Gasteiger partial charge in [-0.1, -0.05) is 0 Å². The van der Waals surface area contributed by atoms with Gasteiger partial charge in [0.1, 0.15) is 0 Å². The Labute approximate surface area is 160 Å². The Morgan fingerprint density at radius 2 is 1.38 bits per heavy atom. The number of hydrogen-bond donors (Lipinski definition) is 0. The summed E-state index contributed by atoms with van der Waals surface area (Å²) in [5.74, 6) is 3.06. The minimum Gasteiger partial charge on any atom is -0.372 e. The first kappa shape index (κ1) is 18.6. The van der Waals surface area contributed by atoms with Gasteiger partial charge < -0.3 is 9.80 Å². The highest BCUT2D eigenvalue weighted by Gasteiger charge is 2.37. The molecule has 4 heterocycles. The monoisotopic (exact) mass is 376 g/mol. The molecule has 0 saturated carbocycles. The Morgan fingerprint density at radius 1 is 0.846 bits per heavy atom. The second kappa shape index (κ2) is 7.72. The van der Waals surface area contributed by atoms with Gasteiger partial charge in [0.2, 0.25) is 0 Å². The molecule has 5 heteroatoms. The normalized spacial score (nSPS) is 31.0. The van der Waals surface area contributed by atoms with Crippen molar-refractivity contribution in [3.63, 3.8) is 0 Å². The van der Waals surface area contributed by atoms with Crippen molar-refractivity contribution in [2.75, 3.05) is 39.3 Å². The lowest BCUT2D eigenvalue weighted by Gasteiger charge is -2.41. The molecular formula is C21H37N4P. The molecule has 4 nitrogen and oxygen atoms in total. The Kier molecular flexibility index (Phi) is 5.53. The molecule has 4 aliphatic rings. The molecule has 0 spiro atoms. The van der Waals surface area contributed by atoms with Crippen molar-refractivity contribution >= 4 is 7.71 Å². The quantitative estimate of drug-likeness (QED) is 0.676. The van der Waals surface area contributed by atoms with E-state index in [1.54, 1.807) is 11.4 Å². The summed E-state index contributed by atoms with van der Waals surface area (Å²) in [6.07, 6.45) is 10.6. The molecule has 0 aliphatic carbocycles. The SMILES string of the molecule is CC(C)(C)N=[PH]1C=CC(N2CCCC2)=C(N2CCCC2)C1N1CCCC1. The van der Waals surface area contributed by atoms with Crippen molar-refractivity contribution < 1.29 is 0 Å². The number of likely N-dealkylation sites (tertiary alicyclic amines) is 3. The topological polar surface area (TPSA) is 22.1 Å². The van der Waals surface area contributed by atoms with E-state index in [-0.39, 0.29) is 5.54 Å². The van der Waals surface area contributed by atoms with Crippen LogP contribution in [0.2, 0.25) is 0 Å². The van der Waals surface area contributed by atoms with E-state index >= 15 is 0 Å². The van der Waals surface area contributed by atoms with Crippen LogP contribution in [0, 0.1) is 0 Å². The molecule has 3 saturated heterocycles. The number of allylic oxidation sites excluding steroid dienone is 1. The summed E-state index contributed by atoms with van der Waals surface area (Å²) >= 11 is 0. The van der Waals surface area contributed by atoms with Crippen LogP contribution in [0.4, 0.5) is 0 Å². The van der Waals surface area contributed by atoms with E-state index in [0.29, 0.717) is 5.78 Å². The highest BCUT2D eigenvalue weighted by molar-refractivity contribution is 7.52. The molecule has 2 unspecified atom stereocenters. The molecule has 146 valence electrons. The summed E-state index contributed by atoms with van der Waals surface area (Å²) < 4.78 is 5.37. The molecule has 0 N–H and O–H groups in total. The van der Waals surface area contributed by atoms with Crippen LogP contribution in [-0.4, -0.2) is 65.3 Å². The third-order valence-electron chi connectivity index (χ3n) is 6.08. The molecule has 0 radical (unpaired) electrons. The van der Waals surface area contributed by atoms with Crippen LogP contribution in [0.3, 0.4) is 0 Å². The van der Waals surface area contributed by atoms with Crippen LogP contribution in [0.5, 0.6) is 0 Å². The Morgan fingerprint density at radius 3 is 1.96 bits per heavy atom. The first-order valence-electron chi connectivity index (χ1n) is 10.8. The zero-order valence-corrected chi connectivity index (χ0v) is 18.0. The Balaban J connectivity index is 1.78. The fourth-order valence-electron chi connectivity index (χ4n) is 4.98. The van der Waals surface area contributed by atoms with E-state index in [2.05, 4.69) is 47.4 Å². The maximum Gasteiger partial charge on any atom is 0.0880 e. The lowest BCUT2D eigenvalue weighted by Crippen LogP contribution is -2.41. The molecule has 4 aliphatic heterocycles. The van der Waals surface area contributed by atoms with Gasteiger partial charge >= 0.3 is 0 Å². The molecular weight excluding hydrogens is 339 g/mol. The van der Waals surface area contributed by atoms with Crippen LogP contribution in [0.1, 0.15) is 59.3 Å². The standard InChI is InChI=1S/C21H37N4P/c1-21(2,3)22-26-17-10-18(23-11-4-5-12-23)19(24-13-6-7-14-24)20(26)25-15-8-9-16-25/h10,17,20,26H,4-9,11-16H2,1-3H3. The Bertz CT molecular complexity index is 598. The van der Waals surface area contributed by atoms with Crippen molar-refractivity contribution in [1.29, 1.82) is 0 Å². The maximum absolute atomic E-state index is 5.37. The van der Waals surface area contributed by atoms with Crippen LogP contribution in [0.25, 0.3) is 0 Å². The maximum atomic E-state index is 5.37. The summed E-state index contributed by atoms with van der Waals surface area (Å²) in [6, 6.07) is 0. The summed E-state index contributed by atoms with van der Waals surface area (Å²) in [4.78, 5) is 8.20. The van der Waals surface area contributed by atoms with Crippen molar-refractivity contribution in [3.05, 3.63) is 23.3 Å². The van der Waals surface area contributed by atoms with Gasteiger partial charge in [-0.15, -0.1) is 0 Å². The third kappa shape index (κ3) is 3.92. The summed E-state index contributed by atoms with van der Waals surface area (Å²) in [5.41, 5.74) is 3.24. The molecule has 0 bridgehead atoms. The van der Waals surface area contributed by atoms with E-state index in [1.807, 2.05) is 0 Å². The summed E-state index contributed by atoms with van der Waals surface area (Å²) in [5, 5.41) is 0. The van der Waals surface area contributed by atoms with Crippen molar-refractivity contribution in [1.82, 2.24) is 14.7 Å². The lowest BCUT2D eigenvalue weighted by molar-refractivity contribution is 0.270. The van der Waals surface area contributed by atoms with Crippen LogP contribution in [0.15, 0.2) is 28.0 Å². The van der Waals surface area contributed by atoms with Gasteiger partial charge in [0, 0.05) is 33.9 Å². The highest BCUT2D eigenvalue weighted by Crippen LogP contribution is 2.49. The van der Waals surface area contributed by atoms with Gasteiger partial charge in [-0.3, -0.25) is 9.64 Å². The predicted molar refractivity (Wildman–Crippen MR) is 113 cm³/mol. The van der Waals surface area contributed by atoms with Gasteiger partial charge in [0.15, 0.2) is 0 Å². The molecule has 0 aromatic heterocycles. The van der Waals surface area contributed by atoms with E-state index in [4.69, 9.17) is 4.74 Å². The smallest absolute Gasteiger partial charge is 0.0880 e. The van der Waals surface area contributed by atoms with Crippen LogP contribution in [-0.2, 0) is 0 Å². The van der Waals surface area contributed by atoms with Gasteiger partial charge in [-0.05, 0) is 84.3 Å². The first-order valence-corrected chi connectivity index (χ1v) is 12.4. The highest BCUT2D eigenvalue weighted by atomic mass is 31.1. The zero-order chi connectivity index (χ0) is 18.1.